The first-order valence-electron chi connectivity index (χ1n) is 5.59. The molecule has 1 rings (SSSR count). The molecular weight excluding hydrogens is 212 g/mol. The van der Waals surface area contributed by atoms with Crippen LogP contribution in [0.15, 0.2) is 0 Å². The first-order valence-corrected chi connectivity index (χ1v) is 7.34. The molecule has 5 heteroatoms. The second-order valence-electron chi connectivity index (χ2n) is 3.84. The maximum absolute atomic E-state index is 5.79. The van der Waals surface area contributed by atoms with E-state index in [0.717, 1.165) is 32.1 Å². The van der Waals surface area contributed by atoms with E-state index in [9.17, 15) is 0 Å². The molecule has 1 fully saturated rings. The van der Waals surface area contributed by atoms with Gasteiger partial charge >= 0.3 is 9.28 Å². The molecule has 4 nitrogen and oxygen atoms in total. The van der Waals surface area contributed by atoms with Crippen LogP contribution in [0.2, 0.25) is 6.04 Å². The zero-order valence-corrected chi connectivity index (χ0v) is 11.1. The Morgan fingerprint density at radius 2 is 2.07 bits per heavy atom. The van der Waals surface area contributed by atoms with Crippen LogP contribution in [-0.2, 0) is 18.3 Å². The molecule has 0 N–H and O–H groups in total. The van der Waals surface area contributed by atoms with Crippen LogP contribution in [0.25, 0.3) is 0 Å². The van der Waals surface area contributed by atoms with Gasteiger partial charge in [-0.2, -0.15) is 0 Å². The highest BCUT2D eigenvalue weighted by Gasteiger charge is 2.25. The van der Waals surface area contributed by atoms with Gasteiger partial charge in [-0.1, -0.05) is 13.3 Å². The van der Waals surface area contributed by atoms with Crippen molar-refractivity contribution in [2.75, 3.05) is 27.4 Å². The minimum absolute atomic E-state index is 0.274. The fourth-order valence-corrected chi connectivity index (χ4v) is 2.88. The van der Waals surface area contributed by atoms with Crippen molar-refractivity contribution in [3.8, 4) is 0 Å². The molecule has 0 spiro atoms. The fourth-order valence-electron chi connectivity index (χ4n) is 1.50. The molecule has 1 heterocycles. The van der Waals surface area contributed by atoms with E-state index in [4.69, 9.17) is 18.3 Å². The largest absolute Gasteiger partial charge is 0.400 e. The van der Waals surface area contributed by atoms with Crippen LogP contribution in [0.3, 0.4) is 0 Å². The lowest BCUT2D eigenvalue weighted by Crippen LogP contribution is -2.28. The Bertz CT molecular complexity index is 160. The molecule has 0 aromatic carbocycles. The van der Waals surface area contributed by atoms with Gasteiger partial charge in [-0.25, -0.2) is 0 Å². The molecular formula is C10H22O4Si. The smallest absolute Gasteiger partial charge is 0.323 e. The lowest BCUT2D eigenvalue weighted by Gasteiger charge is -2.20. The van der Waals surface area contributed by atoms with Crippen LogP contribution in [-0.4, -0.2) is 48.9 Å². The van der Waals surface area contributed by atoms with Crippen LogP contribution < -0.4 is 0 Å². The fraction of sp³-hybridized carbons (Fsp3) is 1.00. The zero-order valence-electron chi connectivity index (χ0n) is 9.90. The number of epoxide rings is 1. The molecule has 0 amide bonds. The second kappa shape index (κ2) is 7.35. The molecule has 2 unspecified atom stereocenters. The van der Waals surface area contributed by atoms with Crippen molar-refractivity contribution in [3.63, 3.8) is 0 Å². The quantitative estimate of drug-likeness (QED) is 0.442. The molecule has 0 saturated carbocycles. The summed E-state index contributed by atoms with van der Waals surface area (Å²) in [6.07, 6.45) is 2.82. The summed E-state index contributed by atoms with van der Waals surface area (Å²) in [7, 11) is 1.94. The zero-order chi connectivity index (χ0) is 11.1. The summed E-state index contributed by atoms with van der Waals surface area (Å²) in [6, 6.07) is 0.924. The minimum Gasteiger partial charge on any atom is -0.400 e. The third-order valence-electron chi connectivity index (χ3n) is 2.51. The Hall–Kier alpha value is 0.0569. The monoisotopic (exact) mass is 234 g/mol. The standard InChI is InChI=1S/C10H22O4Si/c1-4-5-9(8-15(11-2)12-3)13-6-10-7-14-10/h9-10,15H,4-8H2,1-3H3. The van der Waals surface area contributed by atoms with Gasteiger partial charge in [0, 0.05) is 20.3 Å². The SMILES string of the molecule is CCCC(C[SiH](OC)OC)OCC1CO1. The van der Waals surface area contributed by atoms with Gasteiger partial charge < -0.3 is 18.3 Å². The normalized spacial score (nSPS) is 22.0. The van der Waals surface area contributed by atoms with Crippen molar-refractivity contribution < 1.29 is 18.3 Å². The molecule has 0 radical (unpaired) electrons. The van der Waals surface area contributed by atoms with Crippen LogP contribution in [0.4, 0.5) is 0 Å². The molecule has 1 saturated heterocycles. The minimum atomic E-state index is -1.49. The van der Waals surface area contributed by atoms with Crippen molar-refractivity contribution >= 4 is 9.28 Å². The Balaban J connectivity index is 2.20. The summed E-state index contributed by atoms with van der Waals surface area (Å²) in [5.41, 5.74) is 0. The van der Waals surface area contributed by atoms with Crippen molar-refractivity contribution in [3.05, 3.63) is 0 Å². The molecule has 1 aliphatic rings. The first kappa shape index (κ1) is 13.1. The van der Waals surface area contributed by atoms with Gasteiger partial charge in [0.25, 0.3) is 0 Å². The molecule has 90 valence electrons. The molecule has 2 atom stereocenters. The Labute approximate surface area is 93.7 Å². The molecule has 0 bridgehead atoms. The van der Waals surface area contributed by atoms with E-state index in [1.165, 1.54) is 0 Å². The topological polar surface area (TPSA) is 40.2 Å². The van der Waals surface area contributed by atoms with Crippen LogP contribution >= 0.6 is 0 Å². The molecule has 0 aromatic heterocycles. The third-order valence-corrected chi connectivity index (χ3v) is 4.47. The van der Waals surface area contributed by atoms with Crippen molar-refractivity contribution in [2.24, 2.45) is 0 Å². The van der Waals surface area contributed by atoms with Crippen LogP contribution in [0, 0.1) is 0 Å². The highest BCUT2D eigenvalue weighted by Crippen LogP contribution is 2.15. The number of hydrogen-bond acceptors (Lipinski definition) is 4. The Kier molecular flexibility index (Phi) is 6.43. The average Bonchev–Trinajstić information content (AvgIpc) is 3.06. The maximum Gasteiger partial charge on any atom is 0.323 e. The van der Waals surface area contributed by atoms with E-state index >= 15 is 0 Å². The lowest BCUT2D eigenvalue weighted by atomic mass is 10.2. The van der Waals surface area contributed by atoms with Gasteiger partial charge in [0.1, 0.15) is 6.10 Å². The van der Waals surface area contributed by atoms with Crippen molar-refractivity contribution in [1.29, 1.82) is 0 Å². The van der Waals surface area contributed by atoms with E-state index in [-0.39, 0.29) is 6.10 Å². The molecule has 15 heavy (non-hydrogen) atoms. The summed E-state index contributed by atoms with van der Waals surface area (Å²) in [5.74, 6) is 0. The predicted octanol–water partition coefficient (Wildman–Crippen LogP) is 1.08. The molecule has 0 aromatic rings. The van der Waals surface area contributed by atoms with Gasteiger partial charge in [-0.15, -0.1) is 0 Å². The Morgan fingerprint density at radius 3 is 2.53 bits per heavy atom. The summed E-state index contributed by atoms with van der Waals surface area (Å²) in [5, 5.41) is 0. The summed E-state index contributed by atoms with van der Waals surface area (Å²) < 4.78 is 21.5. The van der Waals surface area contributed by atoms with E-state index in [0.29, 0.717) is 6.10 Å². The van der Waals surface area contributed by atoms with Gasteiger partial charge in [-0.05, 0) is 6.42 Å². The van der Waals surface area contributed by atoms with Gasteiger partial charge in [-0.3, -0.25) is 0 Å². The van der Waals surface area contributed by atoms with Crippen LogP contribution in [0.1, 0.15) is 19.8 Å². The first-order chi connectivity index (χ1) is 7.30. The van der Waals surface area contributed by atoms with E-state index in [2.05, 4.69) is 6.92 Å². The van der Waals surface area contributed by atoms with E-state index in [1.54, 1.807) is 14.2 Å². The van der Waals surface area contributed by atoms with Crippen molar-refractivity contribution in [1.82, 2.24) is 0 Å². The van der Waals surface area contributed by atoms with Crippen molar-refractivity contribution in [2.45, 2.75) is 38.0 Å². The Morgan fingerprint density at radius 1 is 1.40 bits per heavy atom. The number of rotatable bonds is 9. The third kappa shape index (κ3) is 5.63. The maximum atomic E-state index is 5.79. The summed E-state index contributed by atoms with van der Waals surface area (Å²) >= 11 is 0. The summed E-state index contributed by atoms with van der Waals surface area (Å²) in [6.45, 7) is 3.74. The van der Waals surface area contributed by atoms with Gasteiger partial charge in [0.2, 0.25) is 0 Å². The average molecular weight is 234 g/mol. The number of hydrogen-bond donors (Lipinski definition) is 0. The second-order valence-corrected chi connectivity index (χ2v) is 6.11. The molecule has 0 aliphatic carbocycles. The molecule has 1 aliphatic heterocycles. The van der Waals surface area contributed by atoms with Gasteiger partial charge in [0.05, 0.1) is 19.3 Å². The van der Waals surface area contributed by atoms with Gasteiger partial charge in [0.15, 0.2) is 0 Å². The summed E-state index contributed by atoms with van der Waals surface area (Å²) in [4.78, 5) is 0. The van der Waals surface area contributed by atoms with E-state index in [1.807, 2.05) is 0 Å². The predicted molar refractivity (Wildman–Crippen MR) is 60.4 cm³/mol. The number of ether oxygens (including phenoxy) is 2. The highest BCUT2D eigenvalue weighted by molar-refractivity contribution is 6.44. The lowest BCUT2D eigenvalue weighted by molar-refractivity contribution is 0.0435. The highest BCUT2D eigenvalue weighted by atomic mass is 28.3. The van der Waals surface area contributed by atoms with Crippen LogP contribution in [0.5, 0.6) is 0 Å². The van der Waals surface area contributed by atoms with E-state index < -0.39 is 9.28 Å².